The molecule has 25 heavy (non-hydrogen) atoms. The summed E-state index contributed by atoms with van der Waals surface area (Å²) in [6.07, 6.45) is 3.54. The van der Waals surface area contributed by atoms with Crippen molar-refractivity contribution in [3.8, 4) is 0 Å². The van der Waals surface area contributed by atoms with Gasteiger partial charge in [0.15, 0.2) is 5.96 Å². The van der Waals surface area contributed by atoms with Crippen molar-refractivity contribution in [2.24, 2.45) is 10.9 Å². The molecule has 0 saturated carbocycles. The van der Waals surface area contributed by atoms with E-state index in [0.29, 0.717) is 6.54 Å². The lowest BCUT2D eigenvalue weighted by Crippen LogP contribution is -2.50. The molecular weight excluding hydrogens is 431 g/mol. The SMILES string of the molecule is C=CCCCN(C)C(=NC)NCC(NC(=O)OC(C)(C)C)C(C)C.I. The first-order chi connectivity index (χ1) is 11.1. The van der Waals surface area contributed by atoms with Gasteiger partial charge in [-0.05, 0) is 39.5 Å². The van der Waals surface area contributed by atoms with Crippen molar-refractivity contribution in [3.05, 3.63) is 12.7 Å². The van der Waals surface area contributed by atoms with Crippen LogP contribution in [0.15, 0.2) is 17.6 Å². The molecule has 7 heteroatoms. The zero-order valence-electron chi connectivity index (χ0n) is 16.9. The molecule has 1 unspecified atom stereocenters. The van der Waals surface area contributed by atoms with Crippen molar-refractivity contribution in [1.29, 1.82) is 0 Å². The maximum Gasteiger partial charge on any atom is 0.407 e. The maximum absolute atomic E-state index is 12.0. The number of halogens is 1. The van der Waals surface area contributed by atoms with Gasteiger partial charge in [0.25, 0.3) is 0 Å². The largest absolute Gasteiger partial charge is 0.444 e. The highest BCUT2D eigenvalue weighted by molar-refractivity contribution is 14.0. The number of nitrogens with one attached hydrogen (secondary N) is 2. The van der Waals surface area contributed by atoms with E-state index in [2.05, 4.69) is 41.0 Å². The quantitative estimate of drug-likeness (QED) is 0.188. The number of nitrogens with zero attached hydrogens (tertiary/aromatic N) is 2. The topological polar surface area (TPSA) is 66.0 Å². The number of allylic oxidation sites excluding steroid dienone is 1. The standard InChI is InChI=1S/C18H36N4O2.HI/c1-9-10-11-12-22(8)16(19-7)20-13-15(14(2)3)21-17(23)24-18(4,5)6;/h9,14-15H,1,10-13H2,2-8H3,(H,19,20)(H,21,23);1H. The predicted molar refractivity (Wildman–Crippen MR) is 117 cm³/mol. The van der Waals surface area contributed by atoms with E-state index in [1.54, 1.807) is 7.05 Å². The number of alkyl carbamates (subject to hydrolysis) is 1. The average molecular weight is 468 g/mol. The van der Waals surface area contributed by atoms with E-state index in [4.69, 9.17) is 4.74 Å². The highest BCUT2D eigenvalue weighted by atomic mass is 127. The van der Waals surface area contributed by atoms with Crippen molar-refractivity contribution < 1.29 is 9.53 Å². The second-order valence-electron chi connectivity index (χ2n) is 7.28. The van der Waals surface area contributed by atoms with Crippen LogP contribution in [0.3, 0.4) is 0 Å². The second kappa shape index (κ2) is 13.2. The second-order valence-corrected chi connectivity index (χ2v) is 7.28. The Morgan fingerprint density at radius 3 is 2.40 bits per heavy atom. The van der Waals surface area contributed by atoms with Gasteiger partial charge in [-0.25, -0.2) is 4.79 Å². The summed E-state index contributed by atoms with van der Waals surface area (Å²) in [7, 11) is 3.77. The molecule has 1 atom stereocenters. The van der Waals surface area contributed by atoms with Gasteiger partial charge in [-0.3, -0.25) is 4.99 Å². The summed E-state index contributed by atoms with van der Waals surface area (Å²) in [4.78, 5) is 18.4. The molecule has 148 valence electrons. The van der Waals surface area contributed by atoms with Crippen LogP contribution in [0.2, 0.25) is 0 Å². The molecule has 0 aromatic rings. The van der Waals surface area contributed by atoms with Crippen LogP contribution in [-0.4, -0.2) is 55.8 Å². The van der Waals surface area contributed by atoms with Gasteiger partial charge in [-0.1, -0.05) is 19.9 Å². The summed E-state index contributed by atoms with van der Waals surface area (Å²) in [5.41, 5.74) is -0.500. The Kier molecular flexibility index (Phi) is 13.9. The van der Waals surface area contributed by atoms with Crippen LogP contribution >= 0.6 is 24.0 Å². The number of hydrogen-bond acceptors (Lipinski definition) is 3. The van der Waals surface area contributed by atoms with Gasteiger partial charge < -0.3 is 20.3 Å². The van der Waals surface area contributed by atoms with Crippen molar-refractivity contribution in [2.75, 3.05) is 27.2 Å². The van der Waals surface area contributed by atoms with Crippen molar-refractivity contribution in [1.82, 2.24) is 15.5 Å². The predicted octanol–water partition coefficient (Wildman–Crippen LogP) is 3.63. The third-order valence-corrected chi connectivity index (χ3v) is 3.46. The first-order valence-electron chi connectivity index (χ1n) is 8.63. The molecule has 0 aliphatic carbocycles. The fourth-order valence-corrected chi connectivity index (χ4v) is 2.08. The molecular formula is C18H37IN4O2. The van der Waals surface area contributed by atoms with Gasteiger partial charge in [-0.15, -0.1) is 30.6 Å². The van der Waals surface area contributed by atoms with Gasteiger partial charge in [0, 0.05) is 27.2 Å². The number of carbonyl (C=O) groups is 1. The molecule has 0 heterocycles. The van der Waals surface area contributed by atoms with Crippen LogP contribution in [0, 0.1) is 5.92 Å². The van der Waals surface area contributed by atoms with Gasteiger partial charge in [0.05, 0.1) is 6.04 Å². The van der Waals surface area contributed by atoms with E-state index in [9.17, 15) is 4.79 Å². The summed E-state index contributed by atoms with van der Waals surface area (Å²) in [6, 6.07) is -0.0434. The number of guanidine groups is 1. The number of aliphatic imine (C=N–C) groups is 1. The number of unbranched alkanes of at least 4 members (excludes halogenated alkanes) is 1. The van der Waals surface area contributed by atoms with Gasteiger partial charge in [-0.2, -0.15) is 0 Å². The van der Waals surface area contributed by atoms with E-state index in [1.165, 1.54) is 0 Å². The fraction of sp³-hybridized carbons (Fsp3) is 0.778. The van der Waals surface area contributed by atoms with Gasteiger partial charge >= 0.3 is 6.09 Å². The van der Waals surface area contributed by atoms with Gasteiger partial charge in [0.1, 0.15) is 5.60 Å². The molecule has 0 radical (unpaired) electrons. The lowest BCUT2D eigenvalue weighted by molar-refractivity contribution is 0.0491. The van der Waals surface area contributed by atoms with E-state index in [1.807, 2.05) is 33.9 Å². The van der Waals surface area contributed by atoms with Crippen LogP contribution in [0.4, 0.5) is 4.79 Å². The number of hydrogen-bond donors (Lipinski definition) is 2. The van der Waals surface area contributed by atoms with Crippen molar-refractivity contribution in [3.63, 3.8) is 0 Å². The summed E-state index contributed by atoms with van der Waals surface area (Å²) in [5.74, 6) is 1.09. The minimum Gasteiger partial charge on any atom is -0.444 e. The molecule has 0 rings (SSSR count). The third kappa shape index (κ3) is 12.9. The Morgan fingerprint density at radius 2 is 1.96 bits per heavy atom. The molecule has 6 nitrogen and oxygen atoms in total. The normalized spacial score (nSPS) is 12.9. The Labute approximate surface area is 170 Å². The molecule has 0 fully saturated rings. The minimum atomic E-state index is -0.500. The summed E-state index contributed by atoms with van der Waals surface area (Å²) >= 11 is 0. The number of rotatable bonds is 8. The zero-order valence-corrected chi connectivity index (χ0v) is 19.2. The summed E-state index contributed by atoms with van der Waals surface area (Å²) in [5, 5.41) is 6.26. The monoisotopic (exact) mass is 468 g/mol. The first kappa shape index (κ1) is 26.2. The average Bonchev–Trinajstić information content (AvgIpc) is 2.44. The van der Waals surface area contributed by atoms with Crippen LogP contribution < -0.4 is 10.6 Å². The van der Waals surface area contributed by atoms with E-state index in [-0.39, 0.29) is 35.9 Å². The highest BCUT2D eigenvalue weighted by Gasteiger charge is 2.22. The molecule has 0 saturated heterocycles. The van der Waals surface area contributed by atoms with Crippen LogP contribution in [0.1, 0.15) is 47.5 Å². The molecule has 1 amide bonds. The first-order valence-corrected chi connectivity index (χ1v) is 8.63. The molecule has 0 aromatic carbocycles. The molecule has 2 N–H and O–H groups in total. The Balaban J connectivity index is 0. The maximum atomic E-state index is 12.0. The zero-order chi connectivity index (χ0) is 18.8. The lowest BCUT2D eigenvalue weighted by atomic mass is 10.0. The smallest absolute Gasteiger partial charge is 0.407 e. The van der Waals surface area contributed by atoms with E-state index in [0.717, 1.165) is 25.3 Å². The van der Waals surface area contributed by atoms with Crippen molar-refractivity contribution >= 4 is 36.0 Å². The fourth-order valence-electron chi connectivity index (χ4n) is 2.08. The summed E-state index contributed by atoms with van der Waals surface area (Å²) < 4.78 is 5.34. The highest BCUT2D eigenvalue weighted by Crippen LogP contribution is 2.08. The molecule has 0 aliphatic rings. The molecule has 0 spiro atoms. The van der Waals surface area contributed by atoms with Crippen LogP contribution in [0.5, 0.6) is 0 Å². The number of carbonyl (C=O) groups excluding carboxylic acids is 1. The molecule has 0 aliphatic heterocycles. The Bertz CT molecular complexity index is 420. The molecule has 0 aromatic heterocycles. The van der Waals surface area contributed by atoms with Crippen molar-refractivity contribution in [2.45, 2.75) is 59.1 Å². The Hall–Kier alpha value is -0.990. The van der Waals surface area contributed by atoms with Crippen LogP contribution in [-0.2, 0) is 4.74 Å². The number of amides is 1. The Morgan fingerprint density at radius 1 is 1.36 bits per heavy atom. The third-order valence-electron chi connectivity index (χ3n) is 3.46. The van der Waals surface area contributed by atoms with Gasteiger partial charge in [0.2, 0.25) is 0 Å². The lowest BCUT2D eigenvalue weighted by Gasteiger charge is -2.28. The molecule has 0 bridgehead atoms. The van der Waals surface area contributed by atoms with E-state index >= 15 is 0 Å². The number of ether oxygens (including phenoxy) is 1. The summed E-state index contributed by atoms with van der Waals surface area (Å²) in [6.45, 7) is 14.9. The minimum absolute atomic E-state index is 0. The van der Waals surface area contributed by atoms with E-state index < -0.39 is 11.7 Å². The van der Waals surface area contributed by atoms with Crippen LogP contribution in [0.25, 0.3) is 0 Å².